The molecule has 4 rings (SSSR count). The number of carbonyl (C=O) groups excluding carboxylic acids is 2. The number of imide groups is 1. The van der Waals surface area contributed by atoms with E-state index in [2.05, 4.69) is 5.10 Å². The van der Waals surface area contributed by atoms with Crippen molar-refractivity contribution in [3.8, 4) is 11.1 Å². The Hall–Kier alpha value is -3.78. The Morgan fingerprint density at radius 2 is 1.61 bits per heavy atom. The van der Waals surface area contributed by atoms with Crippen molar-refractivity contribution in [3.63, 3.8) is 0 Å². The highest BCUT2D eigenvalue weighted by Gasteiger charge is 2.36. The molecule has 2 heterocycles. The van der Waals surface area contributed by atoms with E-state index in [1.165, 1.54) is 0 Å². The Morgan fingerprint density at radius 3 is 2.15 bits per heavy atom. The Bertz CT molecular complexity index is 1150. The van der Waals surface area contributed by atoms with E-state index in [4.69, 9.17) is 0 Å². The molecule has 1 aliphatic heterocycles. The number of carbonyl (C=O) groups is 3. The molecule has 2 N–H and O–H groups in total. The lowest BCUT2D eigenvalue weighted by Crippen LogP contribution is -2.36. The number of rotatable bonds is 9. The Kier molecular flexibility index (Phi) is 6.37. The van der Waals surface area contributed by atoms with Gasteiger partial charge in [-0.15, -0.1) is 0 Å². The molecule has 0 saturated carbocycles. The van der Waals surface area contributed by atoms with Crippen molar-refractivity contribution >= 4 is 17.8 Å². The van der Waals surface area contributed by atoms with E-state index in [0.717, 1.165) is 21.6 Å². The molecule has 0 aliphatic carbocycles. The molecule has 3 aromatic rings. The van der Waals surface area contributed by atoms with E-state index in [1.54, 1.807) is 35.1 Å². The number of benzene rings is 2. The van der Waals surface area contributed by atoms with Gasteiger partial charge in [-0.2, -0.15) is 5.10 Å². The zero-order valence-corrected chi connectivity index (χ0v) is 18.2. The van der Waals surface area contributed by atoms with Crippen LogP contribution < -0.4 is 0 Å². The number of nitrogens with zero attached hydrogens (tertiary/aromatic N) is 3. The quantitative estimate of drug-likeness (QED) is 0.488. The fourth-order valence-electron chi connectivity index (χ4n) is 4.14. The number of hydrogen-bond acceptors (Lipinski definition) is 5. The standard InChI is InChI=1S/C25H25N3O5/c1-27-15-18(14-26-27)17-9-6-16(7-10-17)8-11-22(29)21(25(32)33)12-13-28-23(30)19-4-2-3-5-20(19)24(28)31/h2-7,9-10,14-15,21-22,29H,8,11-13H2,1H3,(H,32,33)/t21-,22+/m0/s1. The van der Waals surface area contributed by atoms with Gasteiger partial charge in [0.2, 0.25) is 0 Å². The Balaban J connectivity index is 1.34. The smallest absolute Gasteiger partial charge is 0.309 e. The van der Waals surface area contributed by atoms with Gasteiger partial charge in [0.15, 0.2) is 0 Å². The number of aromatic nitrogens is 2. The summed E-state index contributed by atoms with van der Waals surface area (Å²) in [6.07, 6.45) is 3.35. The van der Waals surface area contributed by atoms with Gasteiger partial charge < -0.3 is 10.2 Å². The summed E-state index contributed by atoms with van der Waals surface area (Å²) >= 11 is 0. The molecule has 0 unspecified atom stereocenters. The maximum Gasteiger partial charge on any atom is 0.309 e. The number of aliphatic hydroxyl groups excluding tert-OH is 1. The second-order valence-corrected chi connectivity index (χ2v) is 8.25. The summed E-state index contributed by atoms with van der Waals surface area (Å²) in [6, 6.07) is 14.4. The lowest BCUT2D eigenvalue weighted by Gasteiger charge is -2.22. The van der Waals surface area contributed by atoms with Gasteiger partial charge in [-0.25, -0.2) is 0 Å². The fraction of sp³-hybridized carbons (Fsp3) is 0.280. The van der Waals surface area contributed by atoms with E-state index in [-0.39, 0.29) is 19.4 Å². The van der Waals surface area contributed by atoms with Crippen LogP contribution in [0.2, 0.25) is 0 Å². The normalized spacial score (nSPS) is 14.9. The number of hydrogen-bond donors (Lipinski definition) is 2. The third-order valence-electron chi connectivity index (χ3n) is 6.04. The summed E-state index contributed by atoms with van der Waals surface area (Å²) in [7, 11) is 1.85. The van der Waals surface area contributed by atoms with Gasteiger partial charge >= 0.3 is 5.97 Å². The highest BCUT2D eigenvalue weighted by Crippen LogP contribution is 2.25. The fourth-order valence-corrected chi connectivity index (χ4v) is 4.14. The third-order valence-corrected chi connectivity index (χ3v) is 6.04. The minimum atomic E-state index is -1.15. The van der Waals surface area contributed by atoms with Crippen molar-refractivity contribution < 1.29 is 24.6 Å². The van der Waals surface area contributed by atoms with Gasteiger partial charge in [-0.3, -0.25) is 24.0 Å². The van der Waals surface area contributed by atoms with Gasteiger partial charge in [0.05, 0.1) is 29.3 Å². The summed E-state index contributed by atoms with van der Waals surface area (Å²) < 4.78 is 1.73. The maximum atomic E-state index is 12.5. The number of carboxylic acids is 1. The van der Waals surface area contributed by atoms with Gasteiger partial charge in [-0.1, -0.05) is 36.4 Å². The van der Waals surface area contributed by atoms with E-state index < -0.39 is 29.8 Å². The zero-order valence-electron chi connectivity index (χ0n) is 18.2. The van der Waals surface area contributed by atoms with E-state index >= 15 is 0 Å². The van der Waals surface area contributed by atoms with Crippen LogP contribution in [0.5, 0.6) is 0 Å². The molecule has 33 heavy (non-hydrogen) atoms. The van der Waals surface area contributed by atoms with Crippen LogP contribution >= 0.6 is 0 Å². The molecule has 0 bridgehead atoms. The molecule has 1 aromatic heterocycles. The minimum Gasteiger partial charge on any atom is -0.481 e. The van der Waals surface area contributed by atoms with Crippen LogP contribution in [0, 0.1) is 5.92 Å². The van der Waals surface area contributed by atoms with Crippen LogP contribution in [0.3, 0.4) is 0 Å². The average Bonchev–Trinajstić information content (AvgIpc) is 3.35. The number of fused-ring (bicyclic) bond motifs is 1. The van der Waals surface area contributed by atoms with E-state index in [0.29, 0.717) is 17.5 Å². The van der Waals surface area contributed by atoms with E-state index in [9.17, 15) is 24.6 Å². The number of amides is 2. The maximum absolute atomic E-state index is 12.5. The van der Waals surface area contributed by atoms with Crippen LogP contribution in [0.1, 0.15) is 39.1 Å². The van der Waals surface area contributed by atoms with Crippen LogP contribution in [0.15, 0.2) is 60.9 Å². The first-order valence-corrected chi connectivity index (χ1v) is 10.8. The summed E-state index contributed by atoms with van der Waals surface area (Å²) in [6.45, 7) is -0.0554. The van der Waals surface area contributed by atoms with Crippen LogP contribution in [0.25, 0.3) is 11.1 Å². The van der Waals surface area contributed by atoms with Crippen molar-refractivity contribution in [2.24, 2.45) is 13.0 Å². The summed E-state index contributed by atoms with van der Waals surface area (Å²) in [5.41, 5.74) is 3.65. The molecule has 8 nitrogen and oxygen atoms in total. The van der Waals surface area contributed by atoms with Crippen molar-refractivity contribution in [1.82, 2.24) is 14.7 Å². The summed E-state index contributed by atoms with van der Waals surface area (Å²) in [4.78, 5) is 37.8. The van der Waals surface area contributed by atoms with Crippen molar-refractivity contribution in [3.05, 3.63) is 77.6 Å². The van der Waals surface area contributed by atoms with Crippen molar-refractivity contribution in [2.45, 2.75) is 25.4 Å². The molecule has 0 spiro atoms. The highest BCUT2D eigenvalue weighted by atomic mass is 16.4. The predicted molar refractivity (Wildman–Crippen MR) is 121 cm³/mol. The molecule has 1 aliphatic rings. The summed E-state index contributed by atoms with van der Waals surface area (Å²) in [5.74, 6) is -3.08. The van der Waals surface area contributed by atoms with Gasteiger partial charge in [0.25, 0.3) is 11.8 Å². The Morgan fingerprint density at radius 1 is 0.970 bits per heavy atom. The molecular weight excluding hydrogens is 422 g/mol. The average molecular weight is 447 g/mol. The number of aliphatic carboxylic acids is 1. The van der Waals surface area contributed by atoms with Crippen LogP contribution in [-0.2, 0) is 18.3 Å². The minimum absolute atomic E-state index is 0.0120. The van der Waals surface area contributed by atoms with Crippen molar-refractivity contribution in [2.75, 3.05) is 6.54 Å². The second kappa shape index (κ2) is 9.38. The zero-order chi connectivity index (χ0) is 23.5. The Labute approximate surface area is 191 Å². The second-order valence-electron chi connectivity index (χ2n) is 8.25. The van der Waals surface area contributed by atoms with Crippen LogP contribution in [0.4, 0.5) is 0 Å². The monoisotopic (exact) mass is 447 g/mol. The first kappa shape index (κ1) is 22.4. The van der Waals surface area contributed by atoms with Crippen molar-refractivity contribution in [1.29, 1.82) is 0 Å². The van der Waals surface area contributed by atoms with Gasteiger partial charge in [0.1, 0.15) is 0 Å². The number of aliphatic hydroxyl groups is 1. The summed E-state index contributed by atoms with van der Waals surface area (Å²) in [5, 5.41) is 24.4. The molecule has 0 fully saturated rings. The van der Waals surface area contributed by atoms with E-state index in [1.807, 2.05) is 37.5 Å². The first-order valence-electron chi connectivity index (χ1n) is 10.8. The molecule has 0 saturated heterocycles. The number of carboxylic acid groups (broad SMARTS) is 1. The first-order chi connectivity index (χ1) is 15.8. The lowest BCUT2D eigenvalue weighted by atomic mass is 9.93. The third kappa shape index (κ3) is 4.70. The topological polar surface area (TPSA) is 113 Å². The predicted octanol–water partition coefficient (Wildman–Crippen LogP) is 2.77. The molecule has 2 atom stereocenters. The molecule has 2 aromatic carbocycles. The van der Waals surface area contributed by atoms with Gasteiger partial charge in [-0.05, 0) is 42.5 Å². The molecular formula is C25H25N3O5. The highest BCUT2D eigenvalue weighted by molar-refractivity contribution is 6.21. The SMILES string of the molecule is Cn1cc(-c2ccc(CC[C@@H](O)[C@H](CCN3C(=O)c4ccccc4C3=O)C(=O)O)cc2)cn1. The molecule has 0 radical (unpaired) electrons. The number of aryl methyl sites for hydroxylation is 2. The van der Waals surface area contributed by atoms with Crippen LogP contribution in [-0.4, -0.2) is 55.3 Å². The molecule has 2 amide bonds. The largest absolute Gasteiger partial charge is 0.481 e. The molecule has 8 heteroatoms. The molecule has 170 valence electrons. The lowest BCUT2D eigenvalue weighted by molar-refractivity contribution is -0.146. The van der Waals surface area contributed by atoms with Gasteiger partial charge in [0, 0.05) is 25.4 Å².